The molecule has 0 unspecified atom stereocenters. The summed E-state index contributed by atoms with van der Waals surface area (Å²) in [5.74, 6) is -8.78. The largest absolute Gasteiger partial charge is 0.458 e. The number of nitrogens with zero attached hydrogens (tertiary/aromatic N) is 3. The highest BCUT2D eigenvalue weighted by atomic mass is 19.4. The topological polar surface area (TPSA) is 75.0 Å². The SMILES string of the molecule is O=C(c1ccccc1C(F)(F)C(F)(F)F)N(c1cocn1)c1[nH]ncc1C(F)(F)F. The van der Waals surface area contributed by atoms with E-state index in [4.69, 9.17) is 0 Å². The van der Waals surface area contributed by atoms with Crippen LogP contribution in [0.15, 0.2) is 47.5 Å². The molecule has 0 aliphatic rings. The van der Waals surface area contributed by atoms with E-state index in [0.29, 0.717) is 24.6 Å². The number of H-pyrrole nitrogens is 1. The Kier molecular flexibility index (Phi) is 5.04. The van der Waals surface area contributed by atoms with Crippen LogP contribution >= 0.6 is 0 Å². The van der Waals surface area contributed by atoms with Gasteiger partial charge in [0, 0.05) is 11.1 Å². The average molecular weight is 440 g/mol. The smallest absolute Gasteiger partial charge is 0.449 e. The zero-order chi connectivity index (χ0) is 22.3. The van der Waals surface area contributed by atoms with Gasteiger partial charge in [-0.25, -0.2) is 4.90 Å². The number of nitrogens with one attached hydrogen (secondary N) is 1. The average Bonchev–Trinajstić information content (AvgIpc) is 3.33. The molecule has 6 nitrogen and oxygen atoms in total. The van der Waals surface area contributed by atoms with Crippen LogP contribution in [-0.2, 0) is 12.1 Å². The van der Waals surface area contributed by atoms with Crippen molar-refractivity contribution in [2.45, 2.75) is 18.3 Å². The summed E-state index contributed by atoms with van der Waals surface area (Å²) in [6.45, 7) is 0. The van der Waals surface area contributed by atoms with Crippen LogP contribution < -0.4 is 4.90 Å². The van der Waals surface area contributed by atoms with Gasteiger partial charge in [0.1, 0.15) is 17.6 Å². The van der Waals surface area contributed by atoms with Crippen molar-refractivity contribution < 1.29 is 44.3 Å². The third-order valence-electron chi connectivity index (χ3n) is 3.85. The minimum absolute atomic E-state index is 0.143. The van der Waals surface area contributed by atoms with Crippen molar-refractivity contribution in [3.63, 3.8) is 0 Å². The molecule has 3 aromatic rings. The van der Waals surface area contributed by atoms with Crippen LogP contribution in [0.5, 0.6) is 0 Å². The Labute approximate surface area is 161 Å². The van der Waals surface area contributed by atoms with E-state index in [1.807, 2.05) is 5.10 Å². The maximum Gasteiger partial charge on any atom is 0.458 e. The first kappa shape index (κ1) is 21.3. The number of hydrogen-bond acceptors (Lipinski definition) is 4. The highest BCUT2D eigenvalue weighted by molar-refractivity contribution is 6.11. The monoisotopic (exact) mass is 440 g/mol. The van der Waals surface area contributed by atoms with Crippen molar-refractivity contribution >= 4 is 17.5 Å². The lowest BCUT2D eigenvalue weighted by Crippen LogP contribution is -2.37. The molecule has 0 aliphatic heterocycles. The van der Waals surface area contributed by atoms with Crippen LogP contribution in [0, 0.1) is 0 Å². The third-order valence-corrected chi connectivity index (χ3v) is 3.85. The van der Waals surface area contributed by atoms with Crippen molar-refractivity contribution in [2.24, 2.45) is 0 Å². The number of halogens is 8. The lowest BCUT2D eigenvalue weighted by atomic mass is 9.99. The maximum atomic E-state index is 14.0. The highest BCUT2D eigenvalue weighted by Crippen LogP contribution is 2.46. The number of oxazole rings is 1. The molecule has 1 N–H and O–H groups in total. The molecule has 0 atom stereocenters. The van der Waals surface area contributed by atoms with Crippen LogP contribution in [0.25, 0.3) is 0 Å². The molecule has 0 spiro atoms. The van der Waals surface area contributed by atoms with E-state index < -0.39 is 52.5 Å². The van der Waals surface area contributed by atoms with E-state index in [9.17, 15) is 39.9 Å². The van der Waals surface area contributed by atoms with Gasteiger partial charge in [0.05, 0.1) is 6.20 Å². The molecular weight excluding hydrogens is 432 g/mol. The molecule has 0 radical (unpaired) electrons. The molecule has 0 fully saturated rings. The molecule has 1 amide bonds. The molecule has 0 saturated carbocycles. The van der Waals surface area contributed by atoms with Gasteiger partial charge in [-0.2, -0.15) is 45.2 Å². The number of anilines is 2. The summed E-state index contributed by atoms with van der Waals surface area (Å²) in [5, 5.41) is 5.06. The summed E-state index contributed by atoms with van der Waals surface area (Å²) >= 11 is 0. The zero-order valence-electron chi connectivity index (χ0n) is 14.2. The molecule has 0 aliphatic carbocycles. The molecule has 2 aromatic heterocycles. The molecule has 30 heavy (non-hydrogen) atoms. The van der Waals surface area contributed by atoms with Crippen LogP contribution in [0.2, 0.25) is 0 Å². The second-order valence-corrected chi connectivity index (χ2v) is 5.73. The number of benzene rings is 1. The summed E-state index contributed by atoms with van der Waals surface area (Å²) in [6.07, 6.45) is -9.38. The van der Waals surface area contributed by atoms with Gasteiger partial charge in [-0.1, -0.05) is 18.2 Å². The van der Waals surface area contributed by atoms with Crippen molar-refractivity contribution in [1.82, 2.24) is 15.2 Å². The van der Waals surface area contributed by atoms with Crippen molar-refractivity contribution in [3.8, 4) is 0 Å². The standard InChI is InChI=1S/C16H8F8N4O2/c17-14(18,16(22,23)24)9-4-2-1-3-8(9)13(29)28(11-6-30-7-25-11)12-10(5-26-27-12)15(19,20)21/h1-7H,(H,26,27). The quantitative estimate of drug-likeness (QED) is 0.577. The first-order valence-corrected chi connectivity index (χ1v) is 7.73. The van der Waals surface area contributed by atoms with E-state index >= 15 is 0 Å². The molecule has 160 valence electrons. The van der Waals surface area contributed by atoms with Gasteiger partial charge in [-0.05, 0) is 6.07 Å². The predicted molar refractivity (Wildman–Crippen MR) is 83.0 cm³/mol. The normalized spacial score (nSPS) is 12.8. The van der Waals surface area contributed by atoms with Crippen LogP contribution in [0.3, 0.4) is 0 Å². The van der Waals surface area contributed by atoms with Gasteiger partial charge >= 0.3 is 18.3 Å². The molecule has 0 saturated heterocycles. The number of hydrogen-bond donors (Lipinski definition) is 1. The van der Waals surface area contributed by atoms with Gasteiger partial charge in [-0.3, -0.25) is 9.89 Å². The molecule has 0 bridgehead atoms. The van der Waals surface area contributed by atoms with Crippen molar-refractivity contribution in [3.05, 3.63) is 59.8 Å². The summed E-state index contributed by atoms with van der Waals surface area (Å²) < 4.78 is 111. The van der Waals surface area contributed by atoms with Crippen molar-refractivity contribution in [1.29, 1.82) is 0 Å². The minimum atomic E-state index is -6.06. The summed E-state index contributed by atoms with van der Waals surface area (Å²) in [4.78, 5) is 16.6. The molecule has 1 aromatic carbocycles. The van der Waals surface area contributed by atoms with Gasteiger partial charge in [0.25, 0.3) is 5.91 Å². The second-order valence-electron chi connectivity index (χ2n) is 5.73. The number of aromatic nitrogens is 3. The third kappa shape index (κ3) is 3.59. The van der Waals surface area contributed by atoms with Crippen LogP contribution in [0.1, 0.15) is 21.5 Å². The minimum Gasteiger partial charge on any atom is -0.449 e. The van der Waals surface area contributed by atoms with E-state index in [2.05, 4.69) is 14.5 Å². The van der Waals surface area contributed by atoms with Gasteiger partial charge in [-0.15, -0.1) is 0 Å². The summed E-state index contributed by atoms with van der Waals surface area (Å²) in [7, 11) is 0. The zero-order valence-corrected chi connectivity index (χ0v) is 14.2. The van der Waals surface area contributed by atoms with E-state index in [0.717, 1.165) is 18.5 Å². The number of aromatic amines is 1. The number of rotatable bonds is 4. The Morgan fingerprint density at radius 2 is 1.67 bits per heavy atom. The Hall–Kier alpha value is -3.45. The molecule has 14 heteroatoms. The first-order valence-electron chi connectivity index (χ1n) is 7.73. The van der Waals surface area contributed by atoms with Crippen LogP contribution in [-0.4, -0.2) is 27.3 Å². The fourth-order valence-corrected chi connectivity index (χ4v) is 2.51. The first-order chi connectivity index (χ1) is 13.9. The summed E-state index contributed by atoms with van der Waals surface area (Å²) in [5.41, 5.74) is -4.44. The number of carbonyl (C=O) groups excluding carboxylic acids is 1. The van der Waals surface area contributed by atoms with Gasteiger partial charge in [0.2, 0.25) is 0 Å². The van der Waals surface area contributed by atoms with E-state index in [1.54, 1.807) is 0 Å². The molecule has 2 heterocycles. The van der Waals surface area contributed by atoms with E-state index in [1.165, 1.54) is 0 Å². The molecule has 3 rings (SSSR count). The molecular formula is C16H8F8N4O2. The maximum absolute atomic E-state index is 14.0. The van der Waals surface area contributed by atoms with Gasteiger partial charge < -0.3 is 4.42 Å². The second kappa shape index (κ2) is 7.11. The Morgan fingerprint density at radius 1 is 1.00 bits per heavy atom. The number of alkyl halides is 8. The summed E-state index contributed by atoms with van der Waals surface area (Å²) in [6, 6.07) is 2.76. The number of carbonyl (C=O) groups is 1. The lowest BCUT2D eigenvalue weighted by molar-refractivity contribution is -0.289. The number of amides is 1. The lowest BCUT2D eigenvalue weighted by Gasteiger charge is -2.25. The van der Waals surface area contributed by atoms with Crippen LogP contribution in [0.4, 0.5) is 46.8 Å². The highest BCUT2D eigenvalue weighted by Gasteiger charge is 2.60. The predicted octanol–water partition coefficient (Wildman–Crippen LogP) is 5.05. The van der Waals surface area contributed by atoms with Crippen molar-refractivity contribution in [2.75, 3.05) is 4.90 Å². The Bertz CT molecular complexity index is 1040. The Balaban J connectivity index is 2.20. The fraction of sp³-hybridized carbons (Fsp3) is 0.188. The Morgan fingerprint density at radius 3 is 2.23 bits per heavy atom. The fourth-order valence-electron chi connectivity index (χ4n) is 2.51. The van der Waals surface area contributed by atoms with Gasteiger partial charge in [0.15, 0.2) is 12.2 Å². The van der Waals surface area contributed by atoms with E-state index in [-0.39, 0.29) is 4.90 Å².